The van der Waals surface area contributed by atoms with Gasteiger partial charge in [0.05, 0.1) is 24.7 Å². The van der Waals surface area contributed by atoms with Crippen molar-refractivity contribution in [3.8, 4) is 0 Å². The van der Waals surface area contributed by atoms with Crippen molar-refractivity contribution >= 4 is 0 Å². The Balaban J connectivity index is 2.29. The Morgan fingerprint density at radius 2 is 2.35 bits per heavy atom. The van der Waals surface area contributed by atoms with E-state index in [4.69, 9.17) is 5.73 Å². The molecule has 1 saturated carbocycles. The van der Waals surface area contributed by atoms with Gasteiger partial charge in [0.1, 0.15) is 0 Å². The van der Waals surface area contributed by atoms with E-state index < -0.39 is 0 Å². The van der Waals surface area contributed by atoms with Crippen LogP contribution >= 0.6 is 0 Å². The van der Waals surface area contributed by atoms with Crippen molar-refractivity contribution in [1.82, 2.24) is 9.55 Å². The van der Waals surface area contributed by atoms with Crippen LogP contribution in [0.3, 0.4) is 0 Å². The second kappa shape index (κ2) is 4.78. The van der Waals surface area contributed by atoms with Crippen LogP contribution in [0.5, 0.6) is 0 Å². The molecule has 1 aromatic rings. The van der Waals surface area contributed by atoms with Crippen LogP contribution in [-0.4, -0.2) is 21.3 Å². The molecule has 2 rings (SSSR count). The topological polar surface area (TPSA) is 64.1 Å². The van der Waals surface area contributed by atoms with Crippen molar-refractivity contribution in [2.45, 2.75) is 51.6 Å². The first-order valence-electron chi connectivity index (χ1n) is 6.44. The lowest BCUT2D eigenvalue weighted by Gasteiger charge is -2.40. The van der Waals surface area contributed by atoms with Crippen LogP contribution in [0, 0.1) is 5.41 Å². The van der Waals surface area contributed by atoms with Gasteiger partial charge in [-0.1, -0.05) is 26.7 Å². The van der Waals surface area contributed by atoms with Crippen LogP contribution in [0.4, 0.5) is 0 Å². The van der Waals surface area contributed by atoms with E-state index in [1.807, 2.05) is 6.33 Å². The van der Waals surface area contributed by atoms with Gasteiger partial charge in [0.25, 0.3) is 0 Å². The normalized spacial score (nSPS) is 25.8. The number of hydrogen-bond acceptors (Lipinski definition) is 3. The lowest BCUT2D eigenvalue weighted by atomic mass is 9.73. The van der Waals surface area contributed by atoms with Crippen molar-refractivity contribution in [1.29, 1.82) is 0 Å². The van der Waals surface area contributed by atoms with E-state index in [0.717, 1.165) is 5.69 Å². The second-order valence-corrected chi connectivity index (χ2v) is 5.77. The fourth-order valence-corrected chi connectivity index (χ4v) is 2.95. The first-order valence-corrected chi connectivity index (χ1v) is 6.44. The number of aromatic nitrogens is 2. The summed E-state index contributed by atoms with van der Waals surface area (Å²) < 4.78 is 2.18. The minimum Gasteiger partial charge on any atom is -0.394 e. The van der Waals surface area contributed by atoms with E-state index in [9.17, 15) is 5.11 Å². The van der Waals surface area contributed by atoms with E-state index in [1.54, 1.807) is 6.20 Å². The Bertz CT molecular complexity index is 372. The summed E-state index contributed by atoms with van der Waals surface area (Å²) in [6.45, 7) is 4.59. The standard InChI is InChI=1S/C13H23N3O/c1-13(2)6-4-3-5-12(13)16-9-15-7-11(16)10(14)8-17/h7,9-10,12,17H,3-6,8,14H2,1-2H3. The molecule has 1 aliphatic carbocycles. The molecule has 3 N–H and O–H groups in total. The molecule has 0 aliphatic heterocycles. The molecule has 2 unspecified atom stereocenters. The third-order valence-electron chi connectivity index (χ3n) is 4.06. The van der Waals surface area contributed by atoms with Gasteiger partial charge in [0, 0.05) is 12.2 Å². The summed E-state index contributed by atoms with van der Waals surface area (Å²) in [6, 6.07) is 0.126. The summed E-state index contributed by atoms with van der Waals surface area (Å²) in [5.74, 6) is 0. The average molecular weight is 237 g/mol. The van der Waals surface area contributed by atoms with Gasteiger partial charge in [-0.05, 0) is 18.3 Å². The summed E-state index contributed by atoms with van der Waals surface area (Å²) in [5.41, 5.74) is 7.16. The second-order valence-electron chi connectivity index (χ2n) is 5.77. The van der Waals surface area contributed by atoms with E-state index in [-0.39, 0.29) is 18.1 Å². The number of aliphatic hydroxyl groups is 1. The van der Waals surface area contributed by atoms with Gasteiger partial charge < -0.3 is 15.4 Å². The van der Waals surface area contributed by atoms with E-state index in [2.05, 4.69) is 23.4 Å². The molecule has 17 heavy (non-hydrogen) atoms. The Labute approximate surface area is 103 Å². The summed E-state index contributed by atoms with van der Waals surface area (Å²) >= 11 is 0. The molecule has 0 saturated heterocycles. The lowest BCUT2D eigenvalue weighted by Crippen LogP contribution is -2.32. The molecule has 0 aromatic carbocycles. The van der Waals surface area contributed by atoms with Gasteiger partial charge in [0.2, 0.25) is 0 Å². The monoisotopic (exact) mass is 237 g/mol. The highest BCUT2D eigenvalue weighted by Gasteiger charge is 2.34. The third kappa shape index (κ3) is 2.38. The molecule has 4 heteroatoms. The minimum atomic E-state index is -0.324. The average Bonchev–Trinajstić information content (AvgIpc) is 2.76. The predicted molar refractivity (Wildman–Crippen MR) is 67.5 cm³/mol. The molecule has 1 aromatic heterocycles. The number of aliphatic hydroxyl groups excluding tert-OH is 1. The number of nitrogens with two attached hydrogens (primary N) is 1. The van der Waals surface area contributed by atoms with Gasteiger partial charge in [-0.25, -0.2) is 4.98 Å². The maximum absolute atomic E-state index is 9.19. The molecule has 2 atom stereocenters. The van der Waals surface area contributed by atoms with Crippen LogP contribution in [0.25, 0.3) is 0 Å². The molecule has 0 bridgehead atoms. The van der Waals surface area contributed by atoms with Crippen LogP contribution in [0.2, 0.25) is 0 Å². The van der Waals surface area contributed by atoms with E-state index in [1.165, 1.54) is 25.7 Å². The molecule has 1 fully saturated rings. The highest BCUT2D eigenvalue weighted by molar-refractivity contribution is 5.08. The summed E-state index contributed by atoms with van der Waals surface area (Å²) in [7, 11) is 0. The maximum Gasteiger partial charge on any atom is 0.0951 e. The van der Waals surface area contributed by atoms with Crippen LogP contribution < -0.4 is 5.73 Å². The third-order valence-corrected chi connectivity index (χ3v) is 4.06. The van der Waals surface area contributed by atoms with Crippen LogP contribution in [0.15, 0.2) is 12.5 Å². The Hall–Kier alpha value is -0.870. The van der Waals surface area contributed by atoms with Gasteiger partial charge in [0.15, 0.2) is 0 Å². The van der Waals surface area contributed by atoms with Gasteiger partial charge >= 0.3 is 0 Å². The smallest absolute Gasteiger partial charge is 0.0951 e. The van der Waals surface area contributed by atoms with E-state index in [0.29, 0.717) is 6.04 Å². The zero-order valence-electron chi connectivity index (χ0n) is 10.8. The lowest BCUT2D eigenvalue weighted by molar-refractivity contribution is 0.138. The molecule has 4 nitrogen and oxygen atoms in total. The molecule has 96 valence electrons. The fourth-order valence-electron chi connectivity index (χ4n) is 2.95. The van der Waals surface area contributed by atoms with Crippen molar-refractivity contribution in [3.05, 3.63) is 18.2 Å². The van der Waals surface area contributed by atoms with Crippen LogP contribution in [0.1, 0.15) is 57.3 Å². The number of hydrogen-bond donors (Lipinski definition) is 2. The van der Waals surface area contributed by atoms with Crippen molar-refractivity contribution in [3.63, 3.8) is 0 Å². The molecule has 1 heterocycles. The number of imidazole rings is 1. The van der Waals surface area contributed by atoms with Crippen molar-refractivity contribution < 1.29 is 5.11 Å². The van der Waals surface area contributed by atoms with E-state index >= 15 is 0 Å². The summed E-state index contributed by atoms with van der Waals surface area (Å²) in [4.78, 5) is 4.20. The molecular formula is C13H23N3O. The molecule has 0 radical (unpaired) electrons. The maximum atomic E-state index is 9.19. The Morgan fingerprint density at radius 1 is 1.59 bits per heavy atom. The predicted octanol–water partition coefficient (Wildman–Crippen LogP) is 2.02. The first-order chi connectivity index (χ1) is 8.06. The Kier molecular flexibility index (Phi) is 3.54. The number of nitrogens with zero attached hydrogens (tertiary/aromatic N) is 2. The zero-order chi connectivity index (χ0) is 12.5. The van der Waals surface area contributed by atoms with Gasteiger partial charge in [-0.15, -0.1) is 0 Å². The molecule has 0 amide bonds. The largest absolute Gasteiger partial charge is 0.394 e. The highest BCUT2D eigenvalue weighted by Crippen LogP contribution is 2.44. The van der Waals surface area contributed by atoms with Crippen LogP contribution in [-0.2, 0) is 0 Å². The van der Waals surface area contributed by atoms with Gasteiger partial charge in [-0.3, -0.25) is 0 Å². The summed E-state index contributed by atoms with van der Waals surface area (Å²) in [6.07, 6.45) is 8.63. The fraction of sp³-hybridized carbons (Fsp3) is 0.769. The first kappa shape index (κ1) is 12.6. The van der Waals surface area contributed by atoms with Crippen molar-refractivity contribution in [2.24, 2.45) is 11.1 Å². The quantitative estimate of drug-likeness (QED) is 0.845. The number of rotatable bonds is 3. The molecule has 0 spiro atoms. The zero-order valence-corrected chi connectivity index (χ0v) is 10.8. The Morgan fingerprint density at radius 3 is 3.00 bits per heavy atom. The van der Waals surface area contributed by atoms with Crippen molar-refractivity contribution in [2.75, 3.05) is 6.61 Å². The molecule has 1 aliphatic rings. The highest BCUT2D eigenvalue weighted by atomic mass is 16.3. The summed E-state index contributed by atoms with van der Waals surface area (Å²) in [5, 5.41) is 9.19. The van der Waals surface area contributed by atoms with Gasteiger partial charge in [-0.2, -0.15) is 0 Å². The minimum absolute atomic E-state index is 0.0289. The molecular weight excluding hydrogens is 214 g/mol. The SMILES string of the molecule is CC1(C)CCCCC1n1cncc1C(N)CO.